The molecular formula is C33H47NO3. The van der Waals surface area contributed by atoms with Gasteiger partial charge in [-0.25, -0.2) is 0 Å². The number of ketones is 1. The summed E-state index contributed by atoms with van der Waals surface area (Å²) in [5, 5.41) is 12.2. The molecule has 3 fully saturated rings. The van der Waals surface area contributed by atoms with Crippen molar-refractivity contribution in [3.05, 3.63) is 58.6 Å². The zero-order chi connectivity index (χ0) is 27.2. The van der Waals surface area contributed by atoms with E-state index in [1.54, 1.807) is 13.2 Å². The molecule has 0 bridgehead atoms. The Labute approximate surface area is 224 Å². The Kier molecular flexibility index (Phi) is 5.89. The van der Waals surface area contributed by atoms with Crippen molar-refractivity contribution in [1.82, 2.24) is 5.06 Å². The molecule has 0 radical (unpaired) electrons. The molecule has 0 aromatic rings. The Morgan fingerprint density at radius 3 is 2.38 bits per heavy atom. The van der Waals surface area contributed by atoms with Crippen LogP contribution >= 0.6 is 0 Å². The van der Waals surface area contributed by atoms with Gasteiger partial charge in [-0.05, 0) is 97.7 Å². The first-order valence-corrected chi connectivity index (χ1v) is 14.2. The summed E-state index contributed by atoms with van der Waals surface area (Å²) in [5.74, 6) is 0.286. The molecule has 6 atom stereocenters. The van der Waals surface area contributed by atoms with Gasteiger partial charge in [0.1, 0.15) is 0 Å². The van der Waals surface area contributed by atoms with Crippen LogP contribution in [0.4, 0.5) is 0 Å². The molecule has 0 aromatic carbocycles. The fraction of sp³-hybridized carbons (Fsp3) is 0.667. The van der Waals surface area contributed by atoms with Crippen LogP contribution in [0.15, 0.2) is 58.6 Å². The van der Waals surface area contributed by atoms with Crippen LogP contribution in [-0.2, 0) is 9.63 Å². The van der Waals surface area contributed by atoms with Gasteiger partial charge in [0, 0.05) is 29.1 Å². The molecule has 0 amide bonds. The lowest BCUT2D eigenvalue weighted by Gasteiger charge is -2.68. The summed E-state index contributed by atoms with van der Waals surface area (Å²) in [6, 6.07) is 0. The van der Waals surface area contributed by atoms with Gasteiger partial charge in [0.25, 0.3) is 0 Å². The van der Waals surface area contributed by atoms with Gasteiger partial charge in [-0.1, -0.05) is 58.9 Å². The molecule has 202 valence electrons. The van der Waals surface area contributed by atoms with E-state index >= 15 is 0 Å². The molecule has 5 rings (SSSR count). The topological polar surface area (TPSA) is 49.8 Å². The second-order valence-electron chi connectivity index (χ2n) is 14.1. The monoisotopic (exact) mass is 505 g/mol. The highest BCUT2D eigenvalue weighted by atomic mass is 16.7. The molecule has 3 saturated carbocycles. The third-order valence-corrected chi connectivity index (χ3v) is 12.6. The number of hydrogen-bond acceptors (Lipinski definition) is 4. The van der Waals surface area contributed by atoms with Crippen molar-refractivity contribution in [3.63, 3.8) is 0 Å². The maximum atomic E-state index is 12.7. The Bertz CT molecular complexity index is 1190. The van der Waals surface area contributed by atoms with Crippen molar-refractivity contribution in [3.8, 4) is 0 Å². The number of fused-ring (bicyclic) bond motifs is 7. The van der Waals surface area contributed by atoms with E-state index in [0.29, 0.717) is 11.3 Å². The van der Waals surface area contributed by atoms with E-state index in [0.717, 1.165) is 48.1 Å². The minimum Gasteiger partial charge on any atom is -0.504 e. The number of hydroxylamine groups is 2. The minimum atomic E-state index is -0.244. The fourth-order valence-corrected chi connectivity index (χ4v) is 9.47. The first kappa shape index (κ1) is 26.5. The van der Waals surface area contributed by atoms with Gasteiger partial charge >= 0.3 is 0 Å². The van der Waals surface area contributed by atoms with E-state index in [9.17, 15) is 9.90 Å². The van der Waals surface area contributed by atoms with Gasteiger partial charge in [-0.3, -0.25) is 14.7 Å². The van der Waals surface area contributed by atoms with Crippen LogP contribution in [0.2, 0.25) is 0 Å². The lowest BCUT2D eigenvalue weighted by Crippen LogP contribution is -2.59. The highest BCUT2D eigenvalue weighted by Crippen LogP contribution is 2.74. The van der Waals surface area contributed by atoms with Crippen LogP contribution in [0.5, 0.6) is 0 Å². The van der Waals surface area contributed by atoms with Crippen molar-refractivity contribution in [2.45, 2.75) is 92.9 Å². The summed E-state index contributed by atoms with van der Waals surface area (Å²) in [5.41, 5.74) is 5.91. The normalized spacial score (nSPS) is 43.3. The van der Waals surface area contributed by atoms with E-state index in [4.69, 9.17) is 4.84 Å². The first-order chi connectivity index (χ1) is 17.2. The third kappa shape index (κ3) is 3.40. The average molecular weight is 506 g/mol. The quantitative estimate of drug-likeness (QED) is 0.395. The zero-order valence-electron chi connectivity index (χ0n) is 24.4. The van der Waals surface area contributed by atoms with Crippen LogP contribution < -0.4 is 0 Å². The molecule has 4 nitrogen and oxygen atoms in total. The molecule has 4 heteroatoms. The summed E-state index contributed by atoms with van der Waals surface area (Å²) in [7, 11) is 3.70. The van der Waals surface area contributed by atoms with Crippen molar-refractivity contribution < 1.29 is 14.7 Å². The highest BCUT2D eigenvalue weighted by Gasteiger charge is 2.65. The van der Waals surface area contributed by atoms with Gasteiger partial charge in [-0.15, -0.1) is 0 Å². The third-order valence-electron chi connectivity index (χ3n) is 12.6. The molecule has 0 saturated heterocycles. The number of hydrogen-bond donors (Lipinski definition) is 1. The van der Waals surface area contributed by atoms with Gasteiger partial charge in [0.2, 0.25) is 5.78 Å². The van der Waals surface area contributed by atoms with E-state index in [1.165, 1.54) is 31.3 Å². The second kappa shape index (κ2) is 8.21. The summed E-state index contributed by atoms with van der Waals surface area (Å²) >= 11 is 0. The molecule has 0 aromatic heterocycles. The molecule has 1 N–H and O–H groups in total. The number of carbonyl (C=O) groups excluding carboxylic acids is 1. The average Bonchev–Trinajstić information content (AvgIpc) is 3.01. The largest absolute Gasteiger partial charge is 0.504 e. The van der Waals surface area contributed by atoms with Crippen LogP contribution in [0, 0.1) is 33.0 Å². The van der Waals surface area contributed by atoms with Crippen molar-refractivity contribution in [2.24, 2.45) is 33.0 Å². The number of nitrogens with zero attached hydrogens (tertiary/aromatic N) is 1. The predicted molar refractivity (Wildman–Crippen MR) is 149 cm³/mol. The SMILES string of the molecule is C=C(N(C)OC)[C@@]1(C)CC[C@H]2[C@](C)(CC1)CC[C@]1(C)C3=CC=C4C(=CC(=O)C(O)=C4C)[C@]3(C)CC[C@@]21C. The molecule has 37 heavy (non-hydrogen) atoms. The number of rotatable bonds is 3. The van der Waals surface area contributed by atoms with Crippen LogP contribution in [0.1, 0.15) is 92.9 Å². The number of allylic oxidation sites excluding steroid dienone is 8. The fourth-order valence-electron chi connectivity index (χ4n) is 9.47. The van der Waals surface area contributed by atoms with Crippen LogP contribution in [0.3, 0.4) is 0 Å². The van der Waals surface area contributed by atoms with E-state index in [2.05, 4.69) is 53.3 Å². The summed E-state index contributed by atoms with van der Waals surface area (Å²) in [6.45, 7) is 18.8. The molecule has 5 aliphatic rings. The molecule has 0 aliphatic heterocycles. The maximum Gasteiger partial charge on any atom is 0.220 e. The molecule has 0 spiro atoms. The lowest BCUT2D eigenvalue weighted by molar-refractivity contribution is -0.127. The predicted octanol–water partition coefficient (Wildman–Crippen LogP) is 8.01. The van der Waals surface area contributed by atoms with E-state index < -0.39 is 0 Å². The van der Waals surface area contributed by atoms with Crippen LogP contribution in [0.25, 0.3) is 0 Å². The summed E-state index contributed by atoms with van der Waals surface area (Å²) in [6.07, 6.45) is 15.6. The molecule has 0 heterocycles. The standard InChI is InChI=1S/C33H47NO3/c1-21-23-10-11-27-31(5,24(23)20-25(35)28(21)36)17-19-32(6)26-12-13-29(3,22(2)34(8)37-9)14-15-30(26,4)16-18-33(27,32)7/h10-11,20,26,36H,2,12-19H2,1,3-9H3/t26-,29-,30+,31-,32-,33+/m0/s1. The maximum absolute atomic E-state index is 12.7. The highest BCUT2D eigenvalue weighted by molar-refractivity contribution is 6.06. The van der Waals surface area contributed by atoms with Gasteiger partial charge < -0.3 is 5.11 Å². The van der Waals surface area contributed by atoms with Crippen molar-refractivity contribution >= 4 is 5.78 Å². The minimum absolute atomic E-state index is 0.0436. The van der Waals surface area contributed by atoms with Crippen LogP contribution in [-0.4, -0.2) is 30.1 Å². The number of carbonyl (C=O) groups is 1. The zero-order valence-corrected chi connectivity index (χ0v) is 24.4. The second-order valence-corrected chi connectivity index (χ2v) is 14.1. The summed E-state index contributed by atoms with van der Waals surface area (Å²) < 4.78 is 0. The first-order valence-electron chi connectivity index (χ1n) is 14.2. The Morgan fingerprint density at radius 1 is 1.03 bits per heavy atom. The van der Waals surface area contributed by atoms with Crippen molar-refractivity contribution in [2.75, 3.05) is 14.2 Å². The Morgan fingerprint density at radius 2 is 1.70 bits per heavy atom. The van der Waals surface area contributed by atoms with E-state index in [1.807, 2.05) is 19.0 Å². The Hall–Kier alpha value is -2.07. The smallest absolute Gasteiger partial charge is 0.220 e. The van der Waals surface area contributed by atoms with E-state index in [-0.39, 0.29) is 33.2 Å². The Balaban J connectivity index is 1.56. The van der Waals surface area contributed by atoms with Crippen molar-refractivity contribution in [1.29, 1.82) is 0 Å². The number of aliphatic hydroxyl groups excluding tert-OH is 1. The lowest BCUT2D eigenvalue weighted by atomic mass is 9.36. The van der Waals surface area contributed by atoms with Gasteiger partial charge in [0.15, 0.2) is 5.76 Å². The number of aliphatic hydroxyl groups is 1. The molecule has 0 unspecified atom stereocenters. The van der Waals surface area contributed by atoms with Gasteiger partial charge in [0.05, 0.1) is 7.11 Å². The van der Waals surface area contributed by atoms with Gasteiger partial charge in [-0.2, -0.15) is 0 Å². The molecular weight excluding hydrogens is 458 g/mol. The summed E-state index contributed by atoms with van der Waals surface area (Å²) in [4.78, 5) is 18.2. The molecule has 5 aliphatic carbocycles.